The molecular formula is C41H47N5O12. The minimum absolute atomic E-state index is 0.0692. The summed E-state index contributed by atoms with van der Waals surface area (Å²) < 4.78 is 36.5. The molecule has 0 saturated heterocycles. The lowest BCUT2D eigenvalue weighted by molar-refractivity contribution is -0.154. The third-order valence-corrected chi connectivity index (χ3v) is 9.06. The first kappa shape index (κ1) is 42.8. The van der Waals surface area contributed by atoms with Gasteiger partial charge in [-0.3, -0.25) is 14.9 Å². The minimum Gasteiger partial charge on any atom is -0.496 e. The number of aromatic nitrogens is 1. The van der Waals surface area contributed by atoms with Crippen LogP contribution in [0.25, 0.3) is 17.2 Å². The van der Waals surface area contributed by atoms with Crippen LogP contribution < -0.4 is 32.2 Å². The van der Waals surface area contributed by atoms with Crippen molar-refractivity contribution in [2.75, 3.05) is 32.5 Å². The van der Waals surface area contributed by atoms with E-state index < -0.39 is 42.6 Å². The van der Waals surface area contributed by atoms with Crippen molar-refractivity contribution in [1.82, 2.24) is 15.6 Å². The lowest BCUT2D eigenvalue weighted by atomic mass is 9.94. The molecule has 2 heterocycles. The van der Waals surface area contributed by atoms with Crippen molar-refractivity contribution in [2.24, 2.45) is 17.6 Å². The van der Waals surface area contributed by atoms with Crippen LogP contribution in [-0.2, 0) is 43.5 Å². The number of nitrogens with two attached hydrogens (primary N) is 1. The number of hydrogen-bond acceptors (Lipinski definition) is 15. The number of carbonyl (C=O) groups is 4. The van der Waals surface area contributed by atoms with E-state index in [2.05, 4.69) is 27.5 Å². The van der Waals surface area contributed by atoms with Gasteiger partial charge in [0.1, 0.15) is 11.8 Å². The van der Waals surface area contributed by atoms with Crippen LogP contribution in [-0.4, -0.2) is 62.1 Å². The maximum Gasteiger partial charge on any atom is 0.519 e. The molecule has 2 aromatic carbocycles. The maximum atomic E-state index is 14.0. The summed E-state index contributed by atoms with van der Waals surface area (Å²) in [7, 11) is 1.46. The van der Waals surface area contributed by atoms with Crippen molar-refractivity contribution in [3.05, 3.63) is 105 Å². The fourth-order valence-corrected chi connectivity index (χ4v) is 5.45. The zero-order chi connectivity index (χ0) is 41.8. The van der Waals surface area contributed by atoms with Crippen LogP contribution in [0.3, 0.4) is 0 Å². The second-order valence-corrected chi connectivity index (χ2v) is 13.7. The Hall–Kier alpha value is -6.30. The van der Waals surface area contributed by atoms with E-state index >= 15 is 0 Å². The highest BCUT2D eigenvalue weighted by Crippen LogP contribution is 2.35. The smallest absolute Gasteiger partial charge is 0.496 e. The van der Waals surface area contributed by atoms with Crippen LogP contribution in [0, 0.1) is 18.8 Å². The molecule has 0 unspecified atom stereocenters. The zero-order valence-electron chi connectivity index (χ0n) is 32.7. The normalized spacial score (nSPS) is 12.7. The molecule has 1 fully saturated rings. The molecule has 4 aromatic rings. The molecular weight excluding hydrogens is 754 g/mol. The monoisotopic (exact) mass is 801 g/mol. The summed E-state index contributed by atoms with van der Waals surface area (Å²) in [6.07, 6.45) is 3.17. The zero-order valence-corrected chi connectivity index (χ0v) is 32.7. The summed E-state index contributed by atoms with van der Waals surface area (Å²) in [4.78, 5) is 68.0. The van der Waals surface area contributed by atoms with E-state index in [-0.39, 0.29) is 66.3 Å². The molecule has 0 aliphatic heterocycles. The van der Waals surface area contributed by atoms with Crippen molar-refractivity contribution in [3.63, 3.8) is 0 Å². The predicted octanol–water partition coefficient (Wildman–Crippen LogP) is 5.05. The fraction of sp³-hybridized carbons (Fsp3) is 0.366. The van der Waals surface area contributed by atoms with E-state index in [9.17, 15) is 24.0 Å². The summed E-state index contributed by atoms with van der Waals surface area (Å²) in [5, 5.41) is 8.70. The standard InChI is InChI=1S/C41H47N5O12/c1-6-27-15-32(37(47)46-28-11-9-26(10-12-28)18-44-40(50)54-20-34-24(4)57-41(51)58-34)31(16-33(27)52-5)30-14-13-29(19-53-21-43-17-25-7-8-25)45-36(30)39(49)56-22-55-38(48)35(42)23(2)3/h6,9-16,23,25,35,43H,1,7-8,17-22,42H2,2-5H3,(H,44,50)(H,46,47)/t35-/m0/s1. The molecule has 17 heteroatoms. The summed E-state index contributed by atoms with van der Waals surface area (Å²) in [5.41, 5.74) is 8.38. The second-order valence-electron chi connectivity index (χ2n) is 13.7. The average molecular weight is 802 g/mol. The van der Waals surface area contributed by atoms with Gasteiger partial charge in [-0.1, -0.05) is 44.7 Å². The van der Waals surface area contributed by atoms with Gasteiger partial charge in [0.25, 0.3) is 5.91 Å². The number of benzene rings is 2. The number of nitrogens with zero attached hydrogens (tertiary/aromatic N) is 1. The summed E-state index contributed by atoms with van der Waals surface area (Å²) >= 11 is 0. The van der Waals surface area contributed by atoms with E-state index in [0.717, 1.165) is 6.54 Å². The number of alkyl carbamates (subject to hydrolysis) is 1. The van der Waals surface area contributed by atoms with Gasteiger partial charge in [-0.15, -0.1) is 0 Å². The first-order valence-electron chi connectivity index (χ1n) is 18.5. The molecule has 1 aliphatic rings. The Morgan fingerprint density at radius 3 is 2.41 bits per heavy atom. The first-order chi connectivity index (χ1) is 27.9. The molecule has 58 heavy (non-hydrogen) atoms. The number of nitrogens with one attached hydrogen (secondary N) is 3. The van der Waals surface area contributed by atoms with Gasteiger partial charge in [-0.05, 0) is 67.5 Å². The average Bonchev–Trinajstić information content (AvgIpc) is 3.99. The van der Waals surface area contributed by atoms with Gasteiger partial charge < -0.3 is 48.9 Å². The highest BCUT2D eigenvalue weighted by atomic mass is 16.7. The van der Waals surface area contributed by atoms with E-state index in [1.54, 1.807) is 62.4 Å². The molecule has 0 bridgehead atoms. The van der Waals surface area contributed by atoms with Crippen LogP contribution in [0.2, 0.25) is 0 Å². The Kier molecular flexibility index (Phi) is 14.9. The highest BCUT2D eigenvalue weighted by Gasteiger charge is 2.26. The minimum atomic E-state index is -0.927. The van der Waals surface area contributed by atoms with Crippen molar-refractivity contribution in [2.45, 2.75) is 59.4 Å². The van der Waals surface area contributed by atoms with E-state index in [1.807, 2.05) is 0 Å². The first-order valence-corrected chi connectivity index (χ1v) is 18.5. The van der Waals surface area contributed by atoms with Crippen LogP contribution >= 0.6 is 0 Å². The van der Waals surface area contributed by atoms with E-state index in [0.29, 0.717) is 34.2 Å². The second kappa shape index (κ2) is 20.2. The van der Waals surface area contributed by atoms with Crippen LogP contribution in [0.5, 0.6) is 5.75 Å². The number of carbonyl (C=O) groups excluding carboxylic acids is 4. The van der Waals surface area contributed by atoms with E-state index in [4.69, 9.17) is 38.3 Å². The molecule has 17 nitrogen and oxygen atoms in total. The number of pyridine rings is 1. The van der Waals surface area contributed by atoms with Gasteiger partial charge in [0, 0.05) is 41.0 Å². The number of esters is 2. The number of amides is 2. The molecule has 0 radical (unpaired) electrons. The lowest BCUT2D eigenvalue weighted by Crippen LogP contribution is -2.37. The Balaban J connectivity index is 1.34. The third-order valence-electron chi connectivity index (χ3n) is 9.06. The van der Waals surface area contributed by atoms with Gasteiger partial charge in [-0.2, -0.15) is 0 Å². The number of hydrogen-bond donors (Lipinski definition) is 4. The Labute approximate surface area is 334 Å². The fourth-order valence-electron chi connectivity index (χ4n) is 5.45. The molecule has 0 spiro atoms. The molecule has 1 atom stereocenters. The topological polar surface area (TPSA) is 233 Å². The van der Waals surface area contributed by atoms with Crippen LogP contribution in [0.4, 0.5) is 10.5 Å². The van der Waals surface area contributed by atoms with Crippen molar-refractivity contribution >= 4 is 35.7 Å². The number of anilines is 1. The van der Waals surface area contributed by atoms with Gasteiger partial charge in [-0.25, -0.2) is 19.4 Å². The van der Waals surface area contributed by atoms with Gasteiger partial charge in [0.15, 0.2) is 23.8 Å². The molecule has 1 saturated carbocycles. The lowest BCUT2D eigenvalue weighted by Gasteiger charge is -2.18. The van der Waals surface area contributed by atoms with Gasteiger partial charge >= 0.3 is 23.9 Å². The number of aryl methyl sites for hydroxylation is 1. The Morgan fingerprint density at radius 1 is 1.00 bits per heavy atom. The quantitative estimate of drug-likeness (QED) is 0.0520. The number of methoxy groups -OCH3 is 1. The van der Waals surface area contributed by atoms with Crippen molar-refractivity contribution < 1.29 is 51.7 Å². The van der Waals surface area contributed by atoms with Crippen molar-refractivity contribution in [1.29, 1.82) is 0 Å². The van der Waals surface area contributed by atoms with Crippen LogP contribution in [0.1, 0.15) is 75.9 Å². The van der Waals surface area contributed by atoms with Gasteiger partial charge in [0.2, 0.25) is 6.79 Å². The molecule has 2 aromatic heterocycles. The predicted molar refractivity (Wildman–Crippen MR) is 209 cm³/mol. The van der Waals surface area contributed by atoms with Gasteiger partial charge in [0.05, 0.1) is 26.1 Å². The third kappa shape index (κ3) is 11.9. The maximum absolute atomic E-state index is 14.0. The Bertz CT molecular complexity index is 2160. The highest BCUT2D eigenvalue weighted by molar-refractivity contribution is 6.11. The molecule has 2 amide bonds. The van der Waals surface area contributed by atoms with Crippen LogP contribution in [0.15, 0.2) is 68.7 Å². The molecule has 308 valence electrons. The number of ether oxygens (including phenoxy) is 5. The Morgan fingerprint density at radius 2 is 1.76 bits per heavy atom. The molecule has 1 aliphatic carbocycles. The SMILES string of the molecule is C=Cc1cc(C(=O)Nc2ccc(CNC(=O)OCc3oc(=O)oc3C)cc2)c(-c2ccc(COCNCC3CC3)nc2C(=O)OCOC(=O)[C@@H](N)C(C)C)cc1OC. The summed E-state index contributed by atoms with van der Waals surface area (Å²) in [5.74, 6) is -1.94. The van der Waals surface area contributed by atoms with E-state index in [1.165, 1.54) is 33.0 Å². The number of rotatable bonds is 20. The molecule has 5 rings (SSSR count). The molecule has 5 N–H and O–H groups in total. The van der Waals surface area contributed by atoms with Crippen molar-refractivity contribution in [3.8, 4) is 16.9 Å². The summed E-state index contributed by atoms with van der Waals surface area (Å²) in [6.45, 7) is 9.19. The largest absolute Gasteiger partial charge is 0.519 e. The summed E-state index contributed by atoms with van der Waals surface area (Å²) in [6, 6.07) is 12.2.